The van der Waals surface area contributed by atoms with Crippen molar-refractivity contribution >= 4 is 16.6 Å². The van der Waals surface area contributed by atoms with Gasteiger partial charge in [0.05, 0.1) is 12.6 Å². The smallest absolute Gasteiger partial charge is 0.161 e. The second kappa shape index (κ2) is 5.09. The van der Waals surface area contributed by atoms with Gasteiger partial charge in [-0.15, -0.1) is 10.2 Å². The third-order valence-corrected chi connectivity index (χ3v) is 3.57. The number of nitrogens with zero attached hydrogens (tertiary/aromatic N) is 3. The highest BCUT2D eigenvalue weighted by molar-refractivity contribution is 5.90. The predicted molar refractivity (Wildman–Crippen MR) is 79.2 cm³/mol. The molecule has 0 spiro atoms. The van der Waals surface area contributed by atoms with Crippen LogP contribution in [0, 0.1) is 6.92 Å². The van der Waals surface area contributed by atoms with Crippen LogP contribution in [0.15, 0.2) is 24.3 Å². The van der Waals surface area contributed by atoms with Gasteiger partial charge in [-0.3, -0.25) is 4.40 Å². The van der Waals surface area contributed by atoms with E-state index in [1.165, 1.54) is 5.56 Å². The molecule has 0 radical (unpaired) electrons. The lowest BCUT2D eigenvalue weighted by Crippen LogP contribution is -2.04. The van der Waals surface area contributed by atoms with Crippen molar-refractivity contribution in [1.82, 2.24) is 14.6 Å². The molecule has 5 nitrogen and oxygen atoms in total. The minimum absolute atomic E-state index is 0.649. The van der Waals surface area contributed by atoms with Crippen LogP contribution in [0.5, 0.6) is 5.75 Å². The second-order valence-corrected chi connectivity index (χ2v) is 4.89. The minimum atomic E-state index is 0.649. The molecule has 0 saturated carbocycles. The first kappa shape index (κ1) is 12.9. The minimum Gasteiger partial charge on any atom is -0.495 e. The van der Waals surface area contributed by atoms with Crippen molar-refractivity contribution in [3.05, 3.63) is 35.7 Å². The van der Waals surface area contributed by atoms with E-state index in [9.17, 15) is 0 Å². The predicted octanol–water partition coefficient (Wildman–Crippen LogP) is 2.09. The van der Waals surface area contributed by atoms with Crippen molar-refractivity contribution in [3.63, 3.8) is 0 Å². The number of hydrogen-bond acceptors (Lipinski definition) is 4. The van der Waals surface area contributed by atoms with Crippen molar-refractivity contribution in [2.45, 2.75) is 19.8 Å². The molecule has 1 aromatic carbocycles. The Hall–Kier alpha value is -2.14. The summed E-state index contributed by atoms with van der Waals surface area (Å²) in [7, 11) is 1.69. The second-order valence-electron chi connectivity index (χ2n) is 4.89. The summed E-state index contributed by atoms with van der Waals surface area (Å²) < 4.78 is 7.60. The SMILES string of the molecule is COc1cccc2c(C)cc3nnc(CCCN)n3c12. The number of para-hydroxylation sites is 1. The van der Waals surface area contributed by atoms with E-state index in [2.05, 4.69) is 33.7 Å². The Morgan fingerprint density at radius 1 is 1.30 bits per heavy atom. The maximum absolute atomic E-state index is 5.60. The van der Waals surface area contributed by atoms with Gasteiger partial charge in [0.15, 0.2) is 5.65 Å². The molecule has 0 aliphatic rings. The fourth-order valence-electron chi connectivity index (χ4n) is 2.60. The van der Waals surface area contributed by atoms with E-state index in [1.807, 2.05) is 12.1 Å². The Labute approximate surface area is 117 Å². The fraction of sp³-hybridized carbons (Fsp3) is 0.333. The molecular weight excluding hydrogens is 252 g/mol. The molecule has 3 aromatic rings. The summed E-state index contributed by atoms with van der Waals surface area (Å²) in [5, 5.41) is 9.73. The topological polar surface area (TPSA) is 65.4 Å². The van der Waals surface area contributed by atoms with Gasteiger partial charge in [-0.25, -0.2) is 0 Å². The quantitative estimate of drug-likeness (QED) is 0.788. The summed E-state index contributed by atoms with van der Waals surface area (Å²) in [5.74, 6) is 1.77. The monoisotopic (exact) mass is 270 g/mol. The first-order valence-corrected chi connectivity index (χ1v) is 6.76. The summed E-state index contributed by atoms with van der Waals surface area (Å²) in [6.07, 6.45) is 1.71. The summed E-state index contributed by atoms with van der Waals surface area (Å²) in [6.45, 7) is 2.73. The summed E-state index contributed by atoms with van der Waals surface area (Å²) >= 11 is 0. The number of aryl methyl sites for hydroxylation is 2. The zero-order valence-electron chi connectivity index (χ0n) is 11.8. The van der Waals surface area contributed by atoms with Crippen LogP contribution in [0.2, 0.25) is 0 Å². The molecule has 3 rings (SSSR count). The van der Waals surface area contributed by atoms with E-state index >= 15 is 0 Å². The Morgan fingerprint density at radius 3 is 2.90 bits per heavy atom. The van der Waals surface area contributed by atoms with Crippen LogP contribution in [-0.2, 0) is 6.42 Å². The standard InChI is InChI=1S/C15H18N4O/c1-10-9-14-18-17-13(7-4-8-16)19(14)15-11(10)5-3-6-12(15)20-2/h3,5-6,9H,4,7-8,16H2,1-2H3. The number of fused-ring (bicyclic) bond motifs is 3. The molecule has 5 heteroatoms. The number of pyridine rings is 1. The van der Waals surface area contributed by atoms with Gasteiger partial charge < -0.3 is 10.5 Å². The zero-order valence-corrected chi connectivity index (χ0v) is 11.8. The highest BCUT2D eigenvalue weighted by atomic mass is 16.5. The molecule has 2 N–H and O–H groups in total. The van der Waals surface area contributed by atoms with Gasteiger partial charge in [0.2, 0.25) is 0 Å². The Balaban J connectivity index is 2.38. The van der Waals surface area contributed by atoms with Crippen LogP contribution in [0.3, 0.4) is 0 Å². The van der Waals surface area contributed by atoms with Gasteiger partial charge in [0, 0.05) is 11.8 Å². The van der Waals surface area contributed by atoms with Gasteiger partial charge in [0.1, 0.15) is 11.6 Å². The maximum atomic E-state index is 5.60. The molecule has 0 saturated heterocycles. The van der Waals surface area contributed by atoms with Crippen LogP contribution >= 0.6 is 0 Å². The number of ether oxygens (including phenoxy) is 1. The third kappa shape index (κ3) is 1.91. The average Bonchev–Trinajstić information content (AvgIpc) is 2.87. The molecule has 0 aliphatic carbocycles. The maximum Gasteiger partial charge on any atom is 0.161 e. The molecule has 2 heterocycles. The lowest BCUT2D eigenvalue weighted by atomic mass is 10.1. The van der Waals surface area contributed by atoms with E-state index in [-0.39, 0.29) is 0 Å². The summed E-state index contributed by atoms with van der Waals surface area (Å²) in [4.78, 5) is 0. The van der Waals surface area contributed by atoms with Gasteiger partial charge in [-0.1, -0.05) is 12.1 Å². The first-order chi connectivity index (χ1) is 9.76. The Morgan fingerprint density at radius 2 is 2.15 bits per heavy atom. The van der Waals surface area contributed by atoms with Crippen molar-refractivity contribution < 1.29 is 4.74 Å². The van der Waals surface area contributed by atoms with Gasteiger partial charge in [0.25, 0.3) is 0 Å². The number of nitrogens with two attached hydrogens (primary N) is 1. The average molecular weight is 270 g/mol. The van der Waals surface area contributed by atoms with Crippen molar-refractivity contribution in [1.29, 1.82) is 0 Å². The summed E-state index contributed by atoms with van der Waals surface area (Å²) in [5.41, 5.74) is 8.65. The van der Waals surface area contributed by atoms with E-state index in [1.54, 1.807) is 7.11 Å². The van der Waals surface area contributed by atoms with E-state index < -0.39 is 0 Å². The molecule has 20 heavy (non-hydrogen) atoms. The fourth-order valence-corrected chi connectivity index (χ4v) is 2.60. The number of benzene rings is 1. The molecule has 0 fully saturated rings. The van der Waals surface area contributed by atoms with Crippen LogP contribution < -0.4 is 10.5 Å². The zero-order chi connectivity index (χ0) is 14.1. The van der Waals surface area contributed by atoms with Crippen molar-refractivity contribution in [3.8, 4) is 5.75 Å². The Kier molecular flexibility index (Phi) is 3.28. The van der Waals surface area contributed by atoms with E-state index in [0.29, 0.717) is 6.54 Å². The van der Waals surface area contributed by atoms with Crippen LogP contribution in [0.25, 0.3) is 16.6 Å². The molecule has 0 bridgehead atoms. The molecule has 2 aromatic heterocycles. The highest BCUT2D eigenvalue weighted by Gasteiger charge is 2.13. The molecule has 104 valence electrons. The van der Waals surface area contributed by atoms with Crippen molar-refractivity contribution in [2.75, 3.05) is 13.7 Å². The van der Waals surface area contributed by atoms with Gasteiger partial charge in [-0.2, -0.15) is 0 Å². The molecule has 0 amide bonds. The van der Waals surface area contributed by atoms with Gasteiger partial charge >= 0.3 is 0 Å². The normalized spacial score (nSPS) is 11.3. The number of rotatable bonds is 4. The van der Waals surface area contributed by atoms with E-state index in [0.717, 1.165) is 41.0 Å². The number of hydrogen-bond donors (Lipinski definition) is 1. The van der Waals surface area contributed by atoms with Crippen LogP contribution in [-0.4, -0.2) is 28.3 Å². The van der Waals surface area contributed by atoms with Crippen LogP contribution in [0.4, 0.5) is 0 Å². The largest absolute Gasteiger partial charge is 0.495 e. The molecular formula is C15H18N4O. The summed E-state index contributed by atoms with van der Waals surface area (Å²) in [6, 6.07) is 8.12. The van der Waals surface area contributed by atoms with Gasteiger partial charge in [-0.05, 0) is 37.6 Å². The lowest BCUT2D eigenvalue weighted by Gasteiger charge is -2.11. The van der Waals surface area contributed by atoms with E-state index in [4.69, 9.17) is 10.5 Å². The molecule has 0 atom stereocenters. The number of methoxy groups -OCH3 is 1. The third-order valence-electron chi connectivity index (χ3n) is 3.57. The Bertz CT molecular complexity index is 763. The molecule has 0 aliphatic heterocycles. The lowest BCUT2D eigenvalue weighted by molar-refractivity contribution is 0.418. The first-order valence-electron chi connectivity index (χ1n) is 6.76. The highest BCUT2D eigenvalue weighted by Crippen LogP contribution is 2.29. The molecule has 0 unspecified atom stereocenters. The van der Waals surface area contributed by atoms with Crippen LogP contribution in [0.1, 0.15) is 17.8 Å². The number of aromatic nitrogens is 3. The van der Waals surface area contributed by atoms with Crippen molar-refractivity contribution in [2.24, 2.45) is 5.73 Å².